The molecular weight excluding hydrogens is 310 g/mol. The van der Waals surface area contributed by atoms with Gasteiger partial charge in [-0.25, -0.2) is 4.79 Å². The molecule has 23 heavy (non-hydrogen) atoms. The molecule has 2 amide bonds. The van der Waals surface area contributed by atoms with Crippen molar-refractivity contribution in [3.05, 3.63) is 0 Å². The largest absolute Gasteiger partial charge is 0.475 e. The Labute approximate surface area is 133 Å². The predicted molar refractivity (Wildman–Crippen MR) is 78.1 cm³/mol. The normalized spacial score (nSPS) is 17.3. The van der Waals surface area contributed by atoms with Crippen molar-refractivity contribution in [2.75, 3.05) is 0 Å². The Kier molecular flexibility index (Phi) is 8.36. The second kappa shape index (κ2) is 9.18. The molecule has 0 aliphatic carbocycles. The number of rotatable bonds is 9. The summed E-state index contributed by atoms with van der Waals surface area (Å²) in [5, 5.41) is 33.5. The van der Waals surface area contributed by atoms with E-state index < -0.39 is 60.3 Å². The summed E-state index contributed by atoms with van der Waals surface area (Å²) in [5.74, 6) is -4.14. The Morgan fingerprint density at radius 3 is 1.78 bits per heavy atom. The zero-order valence-corrected chi connectivity index (χ0v) is 13.1. The molecule has 10 nitrogen and oxygen atoms in total. The first kappa shape index (κ1) is 21.0. The summed E-state index contributed by atoms with van der Waals surface area (Å²) in [7, 11) is 0. The van der Waals surface area contributed by atoms with E-state index in [0.29, 0.717) is 0 Å². The molecule has 0 saturated carbocycles. The summed E-state index contributed by atoms with van der Waals surface area (Å²) in [4.78, 5) is 44.2. The second-order valence-electron chi connectivity index (χ2n) is 5.30. The van der Waals surface area contributed by atoms with Crippen LogP contribution < -0.4 is 16.4 Å². The van der Waals surface area contributed by atoms with Crippen molar-refractivity contribution in [1.82, 2.24) is 10.6 Å². The van der Waals surface area contributed by atoms with Crippen molar-refractivity contribution in [3.8, 4) is 0 Å². The number of aliphatic carboxylic acids is 1. The minimum Gasteiger partial charge on any atom is -0.475 e. The van der Waals surface area contributed by atoms with Crippen LogP contribution in [0.4, 0.5) is 0 Å². The number of nitrogens with two attached hydrogens (primary N) is 1. The SMILES string of the molecule is CC(=O)N[C@@H]([C@H](O)[C@H](NC(C)=O)[C@@H](O)CC(=O)C(=O)O)[C@@H](C)N. The van der Waals surface area contributed by atoms with Crippen LogP contribution in [-0.4, -0.2) is 69.2 Å². The number of aliphatic hydroxyl groups is 2. The molecule has 0 radical (unpaired) electrons. The first-order valence-corrected chi connectivity index (χ1v) is 6.89. The Balaban J connectivity index is 5.32. The van der Waals surface area contributed by atoms with Crippen LogP contribution in [0.3, 0.4) is 0 Å². The smallest absolute Gasteiger partial charge is 0.372 e. The van der Waals surface area contributed by atoms with E-state index in [2.05, 4.69) is 10.6 Å². The average Bonchev–Trinajstić information content (AvgIpc) is 2.40. The summed E-state index contributed by atoms with van der Waals surface area (Å²) >= 11 is 0. The number of amides is 2. The molecule has 0 aliphatic heterocycles. The molecule has 10 heteroatoms. The van der Waals surface area contributed by atoms with Gasteiger partial charge in [0.25, 0.3) is 0 Å². The standard InChI is InChI=1S/C13H23N3O7/c1-5(14)10(15-6(2)17)12(21)11(16-7(3)18)8(19)4-9(20)13(22)23/h5,8,10-12,19,21H,4,14H2,1-3H3,(H,15,17)(H,16,18)(H,22,23)/t5-,8+,10-,11-,12+/m1/s1. The van der Waals surface area contributed by atoms with Crippen molar-refractivity contribution >= 4 is 23.6 Å². The van der Waals surface area contributed by atoms with Gasteiger partial charge in [-0.05, 0) is 6.92 Å². The van der Waals surface area contributed by atoms with E-state index >= 15 is 0 Å². The summed E-state index contributed by atoms with van der Waals surface area (Å²) < 4.78 is 0. The third kappa shape index (κ3) is 7.17. The van der Waals surface area contributed by atoms with Crippen LogP contribution in [0.2, 0.25) is 0 Å². The van der Waals surface area contributed by atoms with Crippen LogP contribution in [-0.2, 0) is 19.2 Å². The zero-order chi connectivity index (χ0) is 18.3. The fraction of sp³-hybridized carbons (Fsp3) is 0.692. The highest BCUT2D eigenvalue weighted by Gasteiger charge is 2.37. The van der Waals surface area contributed by atoms with Gasteiger partial charge in [0, 0.05) is 26.3 Å². The second-order valence-corrected chi connectivity index (χ2v) is 5.30. The third-order valence-electron chi connectivity index (χ3n) is 3.09. The molecule has 0 spiro atoms. The van der Waals surface area contributed by atoms with Gasteiger partial charge in [0.15, 0.2) is 0 Å². The molecule has 0 heterocycles. The maximum absolute atomic E-state index is 11.2. The minimum atomic E-state index is -1.74. The number of carbonyl (C=O) groups is 4. The van der Waals surface area contributed by atoms with E-state index in [4.69, 9.17) is 10.8 Å². The first-order chi connectivity index (χ1) is 10.5. The van der Waals surface area contributed by atoms with E-state index in [9.17, 15) is 29.4 Å². The first-order valence-electron chi connectivity index (χ1n) is 6.89. The van der Waals surface area contributed by atoms with Crippen molar-refractivity contribution in [3.63, 3.8) is 0 Å². The molecule has 5 atom stereocenters. The van der Waals surface area contributed by atoms with Crippen molar-refractivity contribution in [2.24, 2.45) is 5.73 Å². The topological polar surface area (TPSA) is 179 Å². The number of carbonyl (C=O) groups excluding carboxylic acids is 3. The molecule has 0 aromatic heterocycles. The number of nitrogens with one attached hydrogen (secondary N) is 2. The summed E-state index contributed by atoms with van der Waals surface area (Å²) in [6, 6.07) is -3.16. The minimum absolute atomic E-state index is 0.496. The lowest BCUT2D eigenvalue weighted by Crippen LogP contribution is -2.62. The molecule has 0 aromatic carbocycles. The molecule has 0 bridgehead atoms. The number of aliphatic hydroxyl groups excluding tert-OH is 2. The lowest BCUT2D eigenvalue weighted by atomic mass is 9.91. The van der Waals surface area contributed by atoms with Crippen LogP contribution >= 0.6 is 0 Å². The van der Waals surface area contributed by atoms with Crippen molar-refractivity contribution in [1.29, 1.82) is 0 Å². The number of carboxylic acids is 1. The third-order valence-corrected chi connectivity index (χ3v) is 3.09. The van der Waals surface area contributed by atoms with Gasteiger partial charge in [0.05, 0.1) is 24.3 Å². The van der Waals surface area contributed by atoms with Gasteiger partial charge in [-0.3, -0.25) is 14.4 Å². The Hall–Kier alpha value is -2.04. The number of hydrogen-bond acceptors (Lipinski definition) is 7. The van der Waals surface area contributed by atoms with Gasteiger partial charge in [0.1, 0.15) is 0 Å². The molecule has 0 fully saturated rings. The van der Waals surface area contributed by atoms with E-state index in [1.165, 1.54) is 13.8 Å². The molecule has 132 valence electrons. The van der Waals surface area contributed by atoms with Gasteiger partial charge in [-0.15, -0.1) is 0 Å². The summed E-state index contributed by atoms with van der Waals surface area (Å²) in [5.41, 5.74) is 5.67. The molecule has 0 unspecified atom stereocenters. The van der Waals surface area contributed by atoms with Crippen LogP contribution in [0.5, 0.6) is 0 Å². The zero-order valence-electron chi connectivity index (χ0n) is 13.1. The van der Waals surface area contributed by atoms with E-state index in [0.717, 1.165) is 6.92 Å². The fourth-order valence-corrected chi connectivity index (χ4v) is 2.03. The number of hydrogen-bond donors (Lipinski definition) is 6. The number of carboxylic acid groups (broad SMARTS) is 1. The van der Waals surface area contributed by atoms with Crippen LogP contribution in [0.1, 0.15) is 27.2 Å². The highest BCUT2D eigenvalue weighted by molar-refractivity contribution is 6.32. The van der Waals surface area contributed by atoms with Crippen LogP contribution in [0.15, 0.2) is 0 Å². The fourth-order valence-electron chi connectivity index (χ4n) is 2.03. The van der Waals surface area contributed by atoms with Crippen LogP contribution in [0, 0.1) is 0 Å². The highest BCUT2D eigenvalue weighted by Crippen LogP contribution is 2.11. The Morgan fingerprint density at radius 1 is 1.00 bits per heavy atom. The van der Waals surface area contributed by atoms with E-state index in [1.54, 1.807) is 0 Å². The lowest BCUT2D eigenvalue weighted by Gasteiger charge is -2.35. The molecule has 0 aliphatic rings. The Morgan fingerprint density at radius 2 is 1.43 bits per heavy atom. The van der Waals surface area contributed by atoms with Crippen molar-refractivity contribution < 1.29 is 34.5 Å². The summed E-state index contributed by atoms with van der Waals surface area (Å²) in [6.45, 7) is 3.80. The van der Waals surface area contributed by atoms with E-state index in [-0.39, 0.29) is 0 Å². The summed E-state index contributed by atoms with van der Waals surface area (Å²) in [6.07, 6.45) is -4.03. The Bertz CT molecular complexity index is 466. The molecule has 0 aromatic rings. The van der Waals surface area contributed by atoms with Gasteiger partial charge >= 0.3 is 5.97 Å². The highest BCUT2D eigenvalue weighted by atomic mass is 16.4. The van der Waals surface area contributed by atoms with E-state index in [1.807, 2.05) is 0 Å². The lowest BCUT2D eigenvalue weighted by molar-refractivity contribution is -0.150. The maximum atomic E-state index is 11.2. The van der Waals surface area contributed by atoms with Gasteiger partial charge in [-0.2, -0.15) is 0 Å². The van der Waals surface area contributed by atoms with Gasteiger partial charge in [-0.1, -0.05) is 0 Å². The quantitative estimate of drug-likeness (QED) is 0.243. The maximum Gasteiger partial charge on any atom is 0.372 e. The molecule has 7 N–H and O–H groups in total. The molecule has 0 rings (SSSR count). The average molecular weight is 333 g/mol. The molecular formula is C13H23N3O7. The molecule has 0 saturated heterocycles. The van der Waals surface area contributed by atoms with Gasteiger partial charge < -0.3 is 31.7 Å². The van der Waals surface area contributed by atoms with Gasteiger partial charge in [0.2, 0.25) is 17.6 Å². The number of ketones is 1. The van der Waals surface area contributed by atoms with Crippen LogP contribution in [0.25, 0.3) is 0 Å². The number of Topliss-reactive ketones (excluding diaryl/α,β-unsaturated/α-hetero) is 1. The monoisotopic (exact) mass is 333 g/mol. The predicted octanol–water partition coefficient (Wildman–Crippen LogP) is -2.89. The van der Waals surface area contributed by atoms with Crippen molar-refractivity contribution in [2.45, 2.75) is 57.5 Å².